The van der Waals surface area contributed by atoms with Crippen molar-refractivity contribution in [2.45, 2.75) is 33.4 Å². The van der Waals surface area contributed by atoms with Gasteiger partial charge in [0.1, 0.15) is 0 Å². The first-order valence-electron chi connectivity index (χ1n) is 8.52. The third-order valence-electron chi connectivity index (χ3n) is 4.16. The van der Waals surface area contributed by atoms with E-state index < -0.39 is 0 Å². The zero-order chi connectivity index (χ0) is 17.4. The van der Waals surface area contributed by atoms with Gasteiger partial charge in [0, 0.05) is 18.8 Å². The van der Waals surface area contributed by atoms with Crippen LogP contribution in [0.3, 0.4) is 0 Å². The SMILES string of the molecule is CCN(CC)Cc1ccc(CNC(=O)Cc2ccc(N)cc2)cc1. The van der Waals surface area contributed by atoms with Crippen molar-refractivity contribution < 1.29 is 4.79 Å². The van der Waals surface area contributed by atoms with E-state index in [2.05, 4.69) is 48.3 Å². The fourth-order valence-corrected chi connectivity index (χ4v) is 2.55. The van der Waals surface area contributed by atoms with Crippen LogP contribution in [0.15, 0.2) is 48.5 Å². The van der Waals surface area contributed by atoms with Crippen LogP contribution in [-0.4, -0.2) is 23.9 Å². The number of nitrogen functional groups attached to an aromatic ring is 1. The van der Waals surface area contributed by atoms with Gasteiger partial charge in [0.05, 0.1) is 6.42 Å². The average Bonchev–Trinajstić information content (AvgIpc) is 2.61. The summed E-state index contributed by atoms with van der Waals surface area (Å²) in [4.78, 5) is 14.4. The van der Waals surface area contributed by atoms with Crippen LogP contribution < -0.4 is 11.1 Å². The zero-order valence-corrected chi connectivity index (χ0v) is 14.6. The number of amides is 1. The number of rotatable bonds is 8. The van der Waals surface area contributed by atoms with E-state index in [9.17, 15) is 4.79 Å². The standard InChI is InChI=1S/C20H27N3O/c1-3-23(4-2)15-18-7-5-17(6-8-18)14-22-20(24)13-16-9-11-19(21)12-10-16/h5-12H,3-4,13-15,21H2,1-2H3,(H,22,24). The number of benzene rings is 2. The Morgan fingerprint density at radius 1 is 0.917 bits per heavy atom. The summed E-state index contributed by atoms with van der Waals surface area (Å²) in [5.41, 5.74) is 9.75. The van der Waals surface area contributed by atoms with Gasteiger partial charge in [-0.05, 0) is 41.9 Å². The van der Waals surface area contributed by atoms with Crippen LogP contribution in [0.1, 0.15) is 30.5 Å². The van der Waals surface area contributed by atoms with Gasteiger partial charge in [-0.1, -0.05) is 50.2 Å². The largest absolute Gasteiger partial charge is 0.399 e. The molecule has 0 aliphatic heterocycles. The second-order valence-corrected chi connectivity index (χ2v) is 5.97. The smallest absolute Gasteiger partial charge is 0.224 e. The number of carbonyl (C=O) groups is 1. The number of hydrogen-bond donors (Lipinski definition) is 2. The molecule has 2 aromatic rings. The van der Waals surface area contributed by atoms with E-state index in [0.29, 0.717) is 18.7 Å². The van der Waals surface area contributed by atoms with Gasteiger partial charge in [0.15, 0.2) is 0 Å². The predicted octanol–water partition coefficient (Wildman–Crippen LogP) is 2.97. The number of nitrogens with zero attached hydrogens (tertiary/aromatic N) is 1. The van der Waals surface area contributed by atoms with Crippen LogP contribution in [0.5, 0.6) is 0 Å². The molecule has 2 aromatic carbocycles. The highest BCUT2D eigenvalue weighted by molar-refractivity contribution is 5.78. The summed E-state index contributed by atoms with van der Waals surface area (Å²) in [6, 6.07) is 15.9. The normalized spacial score (nSPS) is 10.8. The van der Waals surface area contributed by atoms with E-state index in [4.69, 9.17) is 5.73 Å². The predicted molar refractivity (Wildman–Crippen MR) is 99.5 cm³/mol. The highest BCUT2D eigenvalue weighted by Crippen LogP contribution is 2.09. The molecule has 0 aromatic heterocycles. The summed E-state index contributed by atoms with van der Waals surface area (Å²) < 4.78 is 0. The molecular weight excluding hydrogens is 298 g/mol. The van der Waals surface area contributed by atoms with Gasteiger partial charge in [-0.15, -0.1) is 0 Å². The molecule has 0 heterocycles. The molecule has 0 spiro atoms. The summed E-state index contributed by atoms with van der Waals surface area (Å²) in [6.07, 6.45) is 0.375. The minimum Gasteiger partial charge on any atom is -0.399 e. The second kappa shape index (κ2) is 9.08. The maximum Gasteiger partial charge on any atom is 0.224 e. The third kappa shape index (κ3) is 5.70. The van der Waals surface area contributed by atoms with E-state index in [-0.39, 0.29) is 5.91 Å². The Labute approximate surface area is 144 Å². The Morgan fingerprint density at radius 3 is 2.04 bits per heavy atom. The van der Waals surface area contributed by atoms with Crippen molar-refractivity contribution in [3.63, 3.8) is 0 Å². The third-order valence-corrected chi connectivity index (χ3v) is 4.16. The molecule has 4 heteroatoms. The van der Waals surface area contributed by atoms with Crippen molar-refractivity contribution in [1.29, 1.82) is 0 Å². The maximum absolute atomic E-state index is 12.0. The lowest BCUT2D eigenvalue weighted by atomic mass is 10.1. The molecule has 0 atom stereocenters. The molecule has 4 nitrogen and oxygen atoms in total. The van der Waals surface area contributed by atoms with Gasteiger partial charge in [-0.25, -0.2) is 0 Å². The fourth-order valence-electron chi connectivity index (χ4n) is 2.55. The van der Waals surface area contributed by atoms with E-state index in [1.165, 1.54) is 5.56 Å². The van der Waals surface area contributed by atoms with Gasteiger partial charge >= 0.3 is 0 Å². The summed E-state index contributed by atoms with van der Waals surface area (Å²) >= 11 is 0. The first kappa shape index (κ1) is 18.0. The lowest BCUT2D eigenvalue weighted by Gasteiger charge is -2.18. The molecular formula is C20H27N3O. The number of anilines is 1. The summed E-state index contributed by atoms with van der Waals surface area (Å²) in [6.45, 7) is 7.98. The Hall–Kier alpha value is -2.33. The van der Waals surface area contributed by atoms with E-state index in [1.54, 1.807) is 0 Å². The van der Waals surface area contributed by atoms with Crippen LogP contribution in [0, 0.1) is 0 Å². The molecule has 1 amide bonds. The summed E-state index contributed by atoms with van der Waals surface area (Å²) in [5.74, 6) is 0.0204. The zero-order valence-electron chi connectivity index (χ0n) is 14.6. The molecule has 0 aliphatic rings. The van der Waals surface area contributed by atoms with Gasteiger partial charge in [0.2, 0.25) is 5.91 Å². The Morgan fingerprint density at radius 2 is 1.46 bits per heavy atom. The van der Waals surface area contributed by atoms with Crippen molar-refractivity contribution in [2.75, 3.05) is 18.8 Å². The van der Waals surface area contributed by atoms with Crippen molar-refractivity contribution in [2.24, 2.45) is 0 Å². The average molecular weight is 325 g/mol. The van der Waals surface area contributed by atoms with Gasteiger partial charge in [-0.2, -0.15) is 0 Å². The molecule has 0 unspecified atom stereocenters. The van der Waals surface area contributed by atoms with Crippen molar-refractivity contribution >= 4 is 11.6 Å². The molecule has 3 N–H and O–H groups in total. The van der Waals surface area contributed by atoms with Crippen LogP contribution in [-0.2, 0) is 24.3 Å². The van der Waals surface area contributed by atoms with Gasteiger partial charge < -0.3 is 11.1 Å². The van der Waals surface area contributed by atoms with E-state index in [1.807, 2.05) is 24.3 Å². The van der Waals surface area contributed by atoms with Crippen molar-refractivity contribution in [1.82, 2.24) is 10.2 Å². The first-order valence-corrected chi connectivity index (χ1v) is 8.52. The highest BCUT2D eigenvalue weighted by atomic mass is 16.1. The number of hydrogen-bond acceptors (Lipinski definition) is 3. The minimum absolute atomic E-state index is 0.0204. The highest BCUT2D eigenvalue weighted by Gasteiger charge is 2.04. The minimum atomic E-state index is 0.0204. The topological polar surface area (TPSA) is 58.4 Å². The van der Waals surface area contributed by atoms with E-state index in [0.717, 1.165) is 30.8 Å². The quantitative estimate of drug-likeness (QED) is 0.734. The summed E-state index contributed by atoms with van der Waals surface area (Å²) in [5, 5.41) is 2.96. The maximum atomic E-state index is 12.0. The van der Waals surface area contributed by atoms with Crippen molar-refractivity contribution in [3.05, 3.63) is 65.2 Å². The molecule has 0 saturated heterocycles. The van der Waals surface area contributed by atoms with Crippen molar-refractivity contribution in [3.8, 4) is 0 Å². The van der Waals surface area contributed by atoms with Gasteiger partial charge in [0.25, 0.3) is 0 Å². The molecule has 0 saturated carbocycles. The Balaban J connectivity index is 1.81. The molecule has 0 bridgehead atoms. The Kier molecular flexibility index (Phi) is 6.82. The van der Waals surface area contributed by atoms with Crippen LogP contribution in [0.2, 0.25) is 0 Å². The molecule has 128 valence electrons. The summed E-state index contributed by atoms with van der Waals surface area (Å²) in [7, 11) is 0. The fraction of sp³-hybridized carbons (Fsp3) is 0.350. The molecule has 0 radical (unpaired) electrons. The molecule has 2 rings (SSSR count). The van der Waals surface area contributed by atoms with E-state index >= 15 is 0 Å². The van der Waals surface area contributed by atoms with Crippen LogP contribution in [0.4, 0.5) is 5.69 Å². The Bertz CT molecular complexity index is 631. The lowest BCUT2D eigenvalue weighted by molar-refractivity contribution is -0.120. The van der Waals surface area contributed by atoms with Gasteiger partial charge in [-0.3, -0.25) is 9.69 Å². The van der Waals surface area contributed by atoms with Crippen LogP contribution in [0.25, 0.3) is 0 Å². The van der Waals surface area contributed by atoms with Crippen LogP contribution >= 0.6 is 0 Å². The number of nitrogens with two attached hydrogens (primary N) is 1. The monoisotopic (exact) mass is 325 g/mol. The number of carbonyl (C=O) groups excluding carboxylic acids is 1. The first-order chi connectivity index (χ1) is 11.6. The number of nitrogens with one attached hydrogen (secondary N) is 1. The molecule has 24 heavy (non-hydrogen) atoms. The molecule has 0 fully saturated rings. The lowest BCUT2D eigenvalue weighted by Crippen LogP contribution is -2.24. The molecule has 0 aliphatic carbocycles. The second-order valence-electron chi connectivity index (χ2n) is 5.97.